The van der Waals surface area contributed by atoms with Crippen molar-refractivity contribution in [1.82, 2.24) is 0 Å². The van der Waals surface area contributed by atoms with Gasteiger partial charge in [-0.25, -0.2) is 0 Å². The van der Waals surface area contributed by atoms with Crippen LogP contribution in [0.5, 0.6) is 0 Å². The van der Waals surface area contributed by atoms with Crippen LogP contribution in [0, 0.1) is 10.8 Å². The van der Waals surface area contributed by atoms with Gasteiger partial charge in [-0.1, -0.05) is 25.5 Å². The van der Waals surface area contributed by atoms with Crippen molar-refractivity contribution >= 4 is 5.97 Å². The molecule has 1 N–H and O–H groups in total. The van der Waals surface area contributed by atoms with E-state index in [1.54, 1.807) is 0 Å². The SMILES string of the molecule is CC(=O)O[C@@H]1C[C@]2(C)[C@@]3(C)[C@H](O)CC(C)=C[C@H]3O[C@H]1[C@@]21CO1. The van der Waals surface area contributed by atoms with Crippen molar-refractivity contribution in [3.63, 3.8) is 0 Å². The van der Waals surface area contributed by atoms with Crippen molar-refractivity contribution in [2.75, 3.05) is 6.61 Å². The van der Waals surface area contributed by atoms with Crippen LogP contribution in [0.25, 0.3) is 0 Å². The van der Waals surface area contributed by atoms with E-state index in [0.717, 1.165) is 5.57 Å². The summed E-state index contributed by atoms with van der Waals surface area (Å²) >= 11 is 0. The van der Waals surface area contributed by atoms with Crippen molar-refractivity contribution in [3.05, 3.63) is 11.6 Å². The lowest BCUT2D eigenvalue weighted by Gasteiger charge is -2.58. The second-order valence-electron chi connectivity index (χ2n) is 7.86. The molecule has 0 unspecified atom stereocenters. The van der Waals surface area contributed by atoms with E-state index in [-0.39, 0.29) is 29.7 Å². The molecule has 2 aliphatic heterocycles. The average Bonchev–Trinajstić information content (AvgIpc) is 3.16. The smallest absolute Gasteiger partial charge is 0.302 e. The summed E-state index contributed by atoms with van der Waals surface area (Å²) in [7, 11) is 0. The fourth-order valence-corrected chi connectivity index (χ4v) is 5.27. The maximum atomic E-state index is 11.5. The summed E-state index contributed by atoms with van der Waals surface area (Å²) in [4.78, 5) is 11.5. The Morgan fingerprint density at radius 2 is 2.14 bits per heavy atom. The van der Waals surface area contributed by atoms with Crippen LogP contribution in [0.4, 0.5) is 0 Å². The molecule has 0 amide bonds. The quantitative estimate of drug-likeness (QED) is 0.452. The van der Waals surface area contributed by atoms with Gasteiger partial charge in [0.15, 0.2) is 0 Å². The van der Waals surface area contributed by atoms with Gasteiger partial charge >= 0.3 is 5.97 Å². The Balaban J connectivity index is 1.81. The Kier molecular flexibility index (Phi) is 2.76. The fraction of sp³-hybridized carbons (Fsp3) is 0.824. The van der Waals surface area contributed by atoms with Crippen LogP contribution < -0.4 is 0 Å². The van der Waals surface area contributed by atoms with Gasteiger partial charge in [0.05, 0.1) is 18.8 Å². The molecule has 5 nitrogen and oxygen atoms in total. The minimum absolute atomic E-state index is 0.165. The molecule has 7 atom stereocenters. The van der Waals surface area contributed by atoms with Crippen molar-refractivity contribution < 1.29 is 24.1 Å². The molecule has 0 aromatic rings. The predicted octanol–water partition coefficient (Wildman–Crippen LogP) is 1.58. The van der Waals surface area contributed by atoms with Crippen molar-refractivity contribution in [2.24, 2.45) is 10.8 Å². The van der Waals surface area contributed by atoms with E-state index in [2.05, 4.69) is 19.9 Å². The van der Waals surface area contributed by atoms with Gasteiger partial charge < -0.3 is 19.3 Å². The van der Waals surface area contributed by atoms with E-state index in [1.807, 2.05) is 6.92 Å². The third-order valence-electron chi connectivity index (χ3n) is 6.83. The summed E-state index contributed by atoms with van der Waals surface area (Å²) in [5.41, 5.74) is 0.0200. The normalized spacial score (nSPS) is 55.6. The summed E-state index contributed by atoms with van der Waals surface area (Å²) in [6.07, 6.45) is 2.28. The van der Waals surface area contributed by atoms with Gasteiger partial charge in [-0.05, 0) is 19.8 Å². The number of carbonyl (C=O) groups is 1. The Hall–Kier alpha value is -0.910. The van der Waals surface area contributed by atoms with E-state index in [0.29, 0.717) is 19.4 Å². The van der Waals surface area contributed by atoms with Crippen molar-refractivity contribution in [1.29, 1.82) is 0 Å². The zero-order valence-electron chi connectivity index (χ0n) is 13.6. The van der Waals surface area contributed by atoms with Crippen LogP contribution in [0.2, 0.25) is 0 Å². The number of carbonyl (C=O) groups excluding carboxylic acids is 1. The Bertz CT molecular complexity index is 565. The maximum Gasteiger partial charge on any atom is 0.302 e. The first-order valence-electron chi connectivity index (χ1n) is 8.06. The fourth-order valence-electron chi connectivity index (χ4n) is 5.27. The monoisotopic (exact) mass is 308 g/mol. The molecule has 0 aromatic heterocycles. The lowest BCUT2D eigenvalue weighted by Crippen LogP contribution is -2.65. The molecule has 1 saturated carbocycles. The predicted molar refractivity (Wildman–Crippen MR) is 78.1 cm³/mol. The molecule has 0 radical (unpaired) electrons. The molecule has 22 heavy (non-hydrogen) atoms. The summed E-state index contributed by atoms with van der Waals surface area (Å²) in [5, 5.41) is 10.9. The zero-order valence-corrected chi connectivity index (χ0v) is 13.6. The third kappa shape index (κ3) is 1.47. The highest BCUT2D eigenvalue weighted by molar-refractivity contribution is 5.66. The van der Waals surface area contributed by atoms with Crippen LogP contribution in [0.15, 0.2) is 11.6 Å². The third-order valence-corrected chi connectivity index (χ3v) is 6.83. The summed E-state index contributed by atoms with van der Waals surface area (Å²) in [6, 6.07) is 0. The largest absolute Gasteiger partial charge is 0.460 e. The molecule has 2 aliphatic carbocycles. The standard InChI is InChI=1S/C17H24O5/c1-9-5-12(19)16(4)13(6-9)22-14-11(21-10(2)18)7-15(16,3)17(14)8-20-17/h6,11-14,19H,5,7-8H2,1-4H3/t11-,12-,13-,14-,15-,16+,17+/m1/s1. The van der Waals surface area contributed by atoms with E-state index >= 15 is 0 Å². The molecule has 1 spiro atoms. The van der Waals surface area contributed by atoms with Gasteiger partial charge in [0.1, 0.15) is 17.8 Å². The Morgan fingerprint density at radius 1 is 1.45 bits per heavy atom. The summed E-state index contributed by atoms with van der Waals surface area (Å²) < 4.78 is 17.8. The summed E-state index contributed by atoms with van der Waals surface area (Å²) in [5.74, 6) is -0.291. The number of epoxide rings is 1. The number of rotatable bonds is 1. The first-order valence-corrected chi connectivity index (χ1v) is 8.06. The van der Waals surface area contributed by atoms with Gasteiger partial charge in [0.2, 0.25) is 0 Å². The van der Waals surface area contributed by atoms with Crippen LogP contribution >= 0.6 is 0 Å². The number of esters is 1. The second kappa shape index (κ2) is 4.13. The molecule has 5 heteroatoms. The maximum absolute atomic E-state index is 11.5. The molecular weight excluding hydrogens is 284 g/mol. The molecule has 2 saturated heterocycles. The van der Waals surface area contributed by atoms with Gasteiger partial charge in [0.25, 0.3) is 0 Å². The number of ether oxygens (including phenoxy) is 3. The molecule has 122 valence electrons. The number of hydrogen-bond donors (Lipinski definition) is 1. The summed E-state index contributed by atoms with van der Waals surface area (Å²) in [6.45, 7) is 8.34. The highest BCUT2D eigenvalue weighted by Gasteiger charge is 2.81. The average molecular weight is 308 g/mol. The second-order valence-corrected chi connectivity index (χ2v) is 7.86. The first-order chi connectivity index (χ1) is 10.2. The molecule has 2 bridgehead atoms. The Labute approximate surface area is 130 Å². The number of aliphatic hydroxyl groups is 1. The molecule has 4 aliphatic rings. The van der Waals surface area contributed by atoms with E-state index in [9.17, 15) is 9.90 Å². The van der Waals surface area contributed by atoms with Crippen LogP contribution in [-0.2, 0) is 19.0 Å². The molecule has 3 fully saturated rings. The van der Waals surface area contributed by atoms with Gasteiger partial charge in [-0.3, -0.25) is 4.79 Å². The number of aliphatic hydroxyl groups excluding tert-OH is 1. The van der Waals surface area contributed by atoms with Gasteiger partial charge in [-0.2, -0.15) is 0 Å². The number of hydrogen-bond acceptors (Lipinski definition) is 5. The van der Waals surface area contributed by atoms with E-state index in [1.165, 1.54) is 6.92 Å². The van der Waals surface area contributed by atoms with E-state index < -0.39 is 17.1 Å². The Morgan fingerprint density at radius 3 is 2.73 bits per heavy atom. The van der Waals surface area contributed by atoms with Crippen LogP contribution in [0.1, 0.15) is 40.5 Å². The molecule has 2 heterocycles. The highest BCUT2D eigenvalue weighted by Crippen LogP contribution is 2.71. The zero-order chi connectivity index (χ0) is 15.9. The lowest BCUT2D eigenvalue weighted by atomic mass is 9.51. The lowest BCUT2D eigenvalue weighted by molar-refractivity contribution is -0.230. The minimum Gasteiger partial charge on any atom is -0.460 e. The topological polar surface area (TPSA) is 68.3 Å². The van der Waals surface area contributed by atoms with E-state index in [4.69, 9.17) is 14.2 Å². The van der Waals surface area contributed by atoms with Crippen LogP contribution in [0.3, 0.4) is 0 Å². The molecular formula is C17H24O5. The first kappa shape index (κ1) is 14.7. The van der Waals surface area contributed by atoms with Gasteiger partial charge in [0, 0.05) is 17.8 Å². The number of fused-ring (bicyclic) bond motifs is 2. The highest BCUT2D eigenvalue weighted by atomic mass is 16.7. The van der Waals surface area contributed by atoms with Gasteiger partial charge in [-0.15, -0.1) is 0 Å². The van der Waals surface area contributed by atoms with Crippen LogP contribution in [-0.4, -0.2) is 47.7 Å². The van der Waals surface area contributed by atoms with Crippen molar-refractivity contribution in [2.45, 2.75) is 70.6 Å². The minimum atomic E-state index is -0.481. The molecule has 0 aromatic carbocycles. The molecule has 4 rings (SSSR count). The van der Waals surface area contributed by atoms with Crippen molar-refractivity contribution in [3.8, 4) is 0 Å².